The highest BCUT2D eigenvalue weighted by molar-refractivity contribution is 6.54. The van der Waals surface area contributed by atoms with Gasteiger partial charge in [-0.3, -0.25) is 4.79 Å². The zero-order valence-corrected chi connectivity index (χ0v) is 15.5. The van der Waals surface area contributed by atoms with Gasteiger partial charge in [-0.15, -0.1) is 0 Å². The van der Waals surface area contributed by atoms with Gasteiger partial charge in [-0.2, -0.15) is 0 Å². The number of halogens is 4. The zero-order chi connectivity index (χ0) is 18.0. The maximum Gasteiger partial charge on any atom is 0.257 e. The van der Waals surface area contributed by atoms with Gasteiger partial charge >= 0.3 is 0 Å². The molecule has 128 valence electrons. The Morgan fingerprint density at radius 3 is 2.60 bits per heavy atom. The van der Waals surface area contributed by atoms with Gasteiger partial charge in [0.1, 0.15) is 5.69 Å². The number of rotatable bonds is 4. The minimum absolute atomic E-state index is 0.403. The van der Waals surface area contributed by atoms with E-state index in [-0.39, 0.29) is 0 Å². The molecule has 8 heteroatoms. The van der Waals surface area contributed by atoms with Crippen LogP contribution in [0.4, 0.5) is 5.69 Å². The molecule has 0 radical (unpaired) electrons. The van der Waals surface area contributed by atoms with E-state index in [9.17, 15) is 4.79 Å². The van der Waals surface area contributed by atoms with Crippen molar-refractivity contribution in [2.75, 3.05) is 5.32 Å². The lowest BCUT2D eigenvalue weighted by atomic mass is 10.1. The molecule has 1 N–H and O–H groups in total. The van der Waals surface area contributed by atoms with Crippen LogP contribution in [0.1, 0.15) is 0 Å². The van der Waals surface area contributed by atoms with E-state index in [4.69, 9.17) is 50.9 Å². The summed E-state index contributed by atoms with van der Waals surface area (Å²) in [4.78, 5) is 10.4. The van der Waals surface area contributed by atoms with Crippen molar-refractivity contribution in [3.63, 3.8) is 0 Å². The van der Waals surface area contributed by atoms with Crippen molar-refractivity contribution < 1.29 is 9.32 Å². The number of alkyl halides is 2. The van der Waals surface area contributed by atoms with Gasteiger partial charge in [-0.1, -0.05) is 75.8 Å². The van der Waals surface area contributed by atoms with Gasteiger partial charge in [-0.05, 0) is 18.2 Å². The molecule has 4 nitrogen and oxygen atoms in total. The first-order chi connectivity index (χ1) is 12.0. The van der Waals surface area contributed by atoms with Crippen LogP contribution in [0.2, 0.25) is 10.0 Å². The molecule has 1 heterocycles. The summed E-state index contributed by atoms with van der Waals surface area (Å²) < 4.78 is 5.39. The van der Waals surface area contributed by atoms with E-state index in [0.717, 1.165) is 5.56 Å². The van der Waals surface area contributed by atoms with Crippen molar-refractivity contribution in [1.29, 1.82) is 0 Å². The third-order valence-corrected chi connectivity index (χ3v) is 4.57. The van der Waals surface area contributed by atoms with Gasteiger partial charge in [0.25, 0.3) is 5.91 Å². The van der Waals surface area contributed by atoms with Crippen molar-refractivity contribution in [3.8, 4) is 22.6 Å². The largest absolute Gasteiger partial charge is 0.356 e. The smallest absolute Gasteiger partial charge is 0.257 e. The first-order valence-electron chi connectivity index (χ1n) is 7.06. The lowest BCUT2D eigenvalue weighted by Gasteiger charge is -2.06. The van der Waals surface area contributed by atoms with Crippen LogP contribution in [0, 0.1) is 0 Å². The van der Waals surface area contributed by atoms with Crippen molar-refractivity contribution in [1.82, 2.24) is 5.16 Å². The van der Waals surface area contributed by atoms with E-state index in [1.165, 1.54) is 0 Å². The van der Waals surface area contributed by atoms with E-state index in [0.29, 0.717) is 32.8 Å². The van der Waals surface area contributed by atoms with Gasteiger partial charge in [0.15, 0.2) is 10.6 Å². The maximum atomic E-state index is 11.6. The second-order valence-electron chi connectivity index (χ2n) is 5.05. The Balaban J connectivity index is 1.90. The highest BCUT2D eigenvalue weighted by Gasteiger charge is 2.15. The molecule has 0 aliphatic rings. The SMILES string of the molecule is O=C(Nc1cccc(-c2cc(-c3cccc(Cl)c3Cl)no2)c1)C(Cl)Cl. The third-order valence-electron chi connectivity index (χ3n) is 3.35. The summed E-state index contributed by atoms with van der Waals surface area (Å²) in [7, 11) is 0. The predicted molar refractivity (Wildman–Crippen MR) is 102 cm³/mol. The summed E-state index contributed by atoms with van der Waals surface area (Å²) >= 11 is 23.3. The molecule has 0 saturated carbocycles. The summed E-state index contributed by atoms with van der Waals surface area (Å²) in [6.45, 7) is 0. The number of aromatic nitrogens is 1. The van der Waals surface area contributed by atoms with E-state index in [1.807, 2.05) is 6.07 Å². The van der Waals surface area contributed by atoms with Gasteiger partial charge < -0.3 is 9.84 Å². The fourth-order valence-corrected chi connectivity index (χ4v) is 2.69. The minimum atomic E-state index is -1.15. The zero-order valence-electron chi connectivity index (χ0n) is 12.5. The maximum absolute atomic E-state index is 11.6. The molecule has 3 rings (SSSR count). The summed E-state index contributed by atoms with van der Waals surface area (Å²) in [6, 6.07) is 14.0. The number of hydrogen-bond donors (Lipinski definition) is 1. The topological polar surface area (TPSA) is 55.1 Å². The Hall–Kier alpha value is -1.72. The van der Waals surface area contributed by atoms with E-state index in [1.54, 1.807) is 42.5 Å². The number of carbonyl (C=O) groups excluding carboxylic acids is 1. The molecule has 0 spiro atoms. The van der Waals surface area contributed by atoms with Crippen LogP contribution in [-0.4, -0.2) is 15.9 Å². The fourth-order valence-electron chi connectivity index (χ4n) is 2.19. The van der Waals surface area contributed by atoms with Crippen LogP contribution in [0.3, 0.4) is 0 Å². The van der Waals surface area contributed by atoms with E-state index < -0.39 is 10.7 Å². The molecule has 0 aliphatic carbocycles. The highest BCUT2D eigenvalue weighted by Crippen LogP contribution is 2.35. The molecule has 0 bridgehead atoms. The van der Waals surface area contributed by atoms with E-state index >= 15 is 0 Å². The quantitative estimate of drug-likeness (QED) is 0.527. The normalized spacial score (nSPS) is 10.9. The number of anilines is 1. The van der Waals surface area contributed by atoms with Gasteiger partial charge in [0.2, 0.25) is 0 Å². The van der Waals surface area contributed by atoms with Crippen LogP contribution in [0.5, 0.6) is 0 Å². The highest BCUT2D eigenvalue weighted by atomic mass is 35.5. The van der Waals surface area contributed by atoms with Crippen molar-refractivity contribution in [3.05, 3.63) is 58.6 Å². The Morgan fingerprint density at radius 2 is 1.84 bits per heavy atom. The first kappa shape index (κ1) is 18.1. The summed E-state index contributed by atoms with van der Waals surface area (Å²) in [6.07, 6.45) is 0. The number of nitrogens with zero attached hydrogens (tertiary/aromatic N) is 1. The van der Waals surface area contributed by atoms with Crippen LogP contribution in [0.25, 0.3) is 22.6 Å². The lowest BCUT2D eigenvalue weighted by molar-refractivity contribution is -0.114. The van der Waals surface area contributed by atoms with Crippen molar-refractivity contribution in [2.24, 2.45) is 0 Å². The average molecular weight is 416 g/mol. The average Bonchev–Trinajstić information content (AvgIpc) is 3.07. The second kappa shape index (κ2) is 7.67. The van der Waals surface area contributed by atoms with Crippen molar-refractivity contribution in [2.45, 2.75) is 4.84 Å². The molecule has 0 saturated heterocycles. The number of hydrogen-bond acceptors (Lipinski definition) is 3. The number of amides is 1. The van der Waals surface area contributed by atoms with Crippen molar-refractivity contribution >= 4 is 58.0 Å². The molecule has 3 aromatic rings. The molecule has 0 aliphatic heterocycles. The fraction of sp³-hybridized carbons (Fsp3) is 0.0588. The monoisotopic (exact) mass is 414 g/mol. The van der Waals surface area contributed by atoms with Crippen LogP contribution in [0.15, 0.2) is 53.1 Å². The number of benzene rings is 2. The first-order valence-corrected chi connectivity index (χ1v) is 8.69. The summed E-state index contributed by atoms with van der Waals surface area (Å²) in [5.74, 6) is -0.000102. The Kier molecular flexibility index (Phi) is 5.54. The van der Waals surface area contributed by atoms with Crippen LogP contribution >= 0.6 is 46.4 Å². The molecule has 1 aromatic heterocycles. The molecular weight excluding hydrogens is 406 g/mol. The summed E-state index contributed by atoms with van der Waals surface area (Å²) in [5.41, 5.74) is 2.47. The Labute approximate surface area is 163 Å². The van der Waals surface area contributed by atoms with Gasteiger partial charge in [0, 0.05) is 22.9 Å². The third kappa shape index (κ3) is 4.10. The molecule has 1 amide bonds. The minimum Gasteiger partial charge on any atom is -0.356 e. The van der Waals surface area contributed by atoms with Crippen LogP contribution < -0.4 is 5.32 Å². The molecular formula is C17H10Cl4N2O2. The lowest BCUT2D eigenvalue weighted by Crippen LogP contribution is -2.18. The van der Waals surface area contributed by atoms with E-state index in [2.05, 4.69) is 10.5 Å². The van der Waals surface area contributed by atoms with Crippen LogP contribution in [-0.2, 0) is 4.79 Å². The molecule has 0 unspecified atom stereocenters. The Bertz CT molecular complexity index is 925. The Morgan fingerprint density at radius 1 is 1.08 bits per heavy atom. The van der Waals surface area contributed by atoms with Gasteiger partial charge in [-0.25, -0.2) is 0 Å². The number of carbonyl (C=O) groups is 1. The second-order valence-corrected chi connectivity index (χ2v) is 6.93. The predicted octanol–water partition coefficient (Wildman–Crippen LogP) is 6.06. The number of nitrogens with one attached hydrogen (secondary N) is 1. The van der Waals surface area contributed by atoms with Gasteiger partial charge in [0.05, 0.1) is 10.0 Å². The standard InChI is InChI=1S/C17H10Cl4N2O2/c18-12-6-2-5-11(15(12)19)13-8-14(25-23-13)9-3-1-4-10(7-9)22-17(24)16(20)21/h1-8,16H,(H,22,24). The molecule has 0 atom stereocenters. The summed E-state index contributed by atoms with van der Waals surface area (Å²) in [5, 5.41) is 7.48. The molecule has 0 fully saturated rings. The molecule has 25 heavy (non-hydrogen) atoms. The molecule has 2 aromatic carbocycles.